The second-order valence-corrected chi connectivity index (χ2v) is 5.46. The smallest absolute Gasteiger partial charge is 0.277 e. The first-order valence-corrected chi connectivity index (χ1v) is 7.77. The normalized spacial score (nSPS) is 11.0. The zero-order chi connectivity index (χ0) is 17.3. The van der Waals surface area contributed by atoms with Gasteiger partial charge in [0.25, 0.3) is 11.5 Å². The molecule has 0 aliphatic carbocycles. The van der Waals surface area contributed by atoms with Gasteiger partial charge in [0.05, 0.1) is 17.6 Å². The summed E-state index contributed by atoms with van der Waals surface area (Å²) in [5, 5.41) is 16.9. The molecule has 0 fully saturated rings. The molecule has 8 nitrogen and oxygen atoms in total. The molecule has 0 unspecified atom stereocenters. The Morgan fingerprint density at radius 1 is 1.21 bits per heavy atom. The van der Waals surface area contributed by atoms with Crippen LogP contribution < -0.4 is 10.9 Å². The topological polar surface area (TPSA) is 116 Å². The summed E-state index contributed by atoms with van der Waals surface area (Å²) in [7, 11) is 0. The van der Waals surface area contributed by atoms with Crippen LogP contribution in [0.15, 0.2) is 17.1 Å². The van der Waals surface area contributed by atoms with E-state index < -0.39 is 11.5 Å². The summed E-state index contributed by atoms with van der Waals surface area (Å²) in [4.78, 5) is 28.9. The van der Waals surface area contributed by atoms with Gasteiger partial charge in [0.2, 0.25) is 0 Å². The quantitative estimate of drug-likeness (QED) is 0.675. The lowest BCUT2D eigenvalue weighted by atomic mass is 10.0. The second-order valence-electron chi connectivity index (χ2n) is 5.46. The molecule has 0 aliphatic heterocycles. The van der Waals surface area contributed by atoms with Crippen molar-refractivity contribution >= 4 is 22.6 Å². The van der Waals surface area contributed by atoms with Gasteiger partial charge in [-0.1, -0.05) is 13.8 Å². The Morgan fingerprint density at radius 3 is 2.71 bits per heavy atom. The monoisotopic (exact) mass is 326 g/mol. The summed E-state index contributed by atoms with van der Waals surface area (Å²) in [6.07, 6.45) is 2.71. The lowest BCUT2D eigenvalue weighted by Gasteiger charge is -2.10. The van der Waals surface area contributed by atoms with E-state index in [1.165, 1.54) is 6.20 Å². The highest BCUT2D eigenvalue weighted by atomic mass is 16.2. The maximum absolute atomic E-state index is 12.6. The number of rotatable bonds is 4. The average Bonchev–Trinajstić information content (AvgIpc) is 2.95. The molecule has 0 saturated heterocycles. The van der Waals surface area contributed by atoms with Gasteiger partial charge < -0.3 is 5.32 Å². The highest BCUT2D eigenvalue weighted by Crippen LogP contribution is 2.19. The van der Waals surface area contributed by atoms with E-state index in [1.54, 1.807) is 6.07 Å². The minimum Gasteiger partial charge on any atom is -0.320 e. The maximum Gasteiger partial charge on any atom is 0.277 e. The molecule has 124 valence electrons. The molecule has 8 heteroatoms. The van der Waals surface area contributed by atoms with E-state index in [0.717, 1.165) is 16.8 Å². The molecule has 0 aromatic carbocycles. The van der Waals surface area contributed by atoms with Gasteiger partial charge in [0, 0.05) is 11.1 Å². The summed E-state index contributed by atoms with van der Waals surface area (Å²) in [6, 6.07) is 1.78. The van der Waals surface area contributed by atoms with Crippen molar-refractivity contribution in [2.45, 2.75) is 33.6 Å². The van der Waals surface area contributed by atoms with Crippen molar-refractivity contribution in [2.75, 3.05) is 5.32 Å². The maximum atomic E-state index is 12.6. The summed E-state index contributed by atoms with van der Waals surface area (Å²) in [6.45, 7) is 5.70. The summed E-state index contributed by atoms with van der Waals surface area (Å²) >= 11 is 0. The molecular weight excluding hydrogens is 308 g/mol. The molecule has 0 aliphatic rings. The summed E-state index contributed by atoms with van der Waals surface area (Å²) < 4.78 is 0. The van der Waals surface area contributed by atoms with Crippen LogP contribution in [0.5, 0.6) is 0 Å². The molecule has 3 aromatic rings. The first-order chi connectivity index (χ1) is 11.5. The molecule has 3 heterocycles. The number of aromatic amines is 2. The third kappa shape index (κ3) is 2.66. The molecular formula is C16H18N6O2. The summed E-state index contributed by atoms with van der Waals surface area (Å²) in [5.41, 5.74) is 2.96. The van der Waals surface area contributed by atoms with Crippen LogP contribution in [0.1, 0.15) is 41.2 Å². The Labute approximate surface area is 137 Å². The van der Waals surface area contributed by atoms with Crippen molar-refractivity contribution < 1.29 is 4.79 Å². The van der Waals surface area contributed by atoms with Crippen molar-refractivity contribution in [3.63, 3.8) is 0 Å². The largest absolute Gasteiger partial charge is 0.320 e. The van der Waals surface area contributed by atoms with Crippen molar-refractivity contribution in [2.24, 2.45) is 0 Å². The van der Waals surface area contributed by atoms with Gasteiger partial charge >= 0.3 is 0 Å². The number of hydrogen-bond donors (Lipinski definition) is 3. The minimum absolute atomic E-state index is 0.105. The van der Waals surface area contributed by atoms with Crippen LogP contribution in [0.3, 0.4) is 0 Å². The highest BCUT2D eigenvalue weighted by molar-refractivity contribution is 6.05. The molecule has 0 spiro atoms. The van der Waals surface area contributed by atoms with Crippen molar-refractivity contribution in [3.05, 3.63) is 45.1 Å². The molecule has 0 atom stereocenters. The second kappa shape index (κ2) is 6.23. The van der Waals surface area contributed by atoms with Crippen LogP contribution in [-0.2, 0) is 12.8 Å². The van der Waals surface area contributed by atoms with E-state index in [2.05, 4.69) is 30.7 Å². The Hall–Kier alpha value is -3.03. The van der Waals surface area contributed by atoms with Crippen LogP contribution in [0.2, 0.25) is 0 Å². The fraction of sp³-hybridized carbons (Fsp3) is 0.312. The molecule has 1 amide bonds. The van der Waals surface area contributed by atoms with Crippen LogP contribution in [0.25, 0.3) is 11.0 Å². The number of carbonyl (C=O) groups excluding carboxylic acids is 1. The molecule has 0 saturated carbocycles. The fourth-order valence-electron chi connectivity index (χ4n) is 2.72. The van der Waals surface area contributed by atoms with Crippen LogP contribution in [-0.4, -0.2) is 31.3 Å². The lowest BCUT2D eigenvalue weighted by molar-refractivity contribution is 0.102. The molecule has 0 bridgehead atoms. The van der Waals surface area contributed by atoms with Crippen LogP contribution >= 0.6 is 0 Å². The zero-order valence-electron chi connectivity index (χ0n) is 13.7. The van der Waals surface area contributed by atoms with Crippen molar-refractivity contribution in [1.82, 2.24) is 25.4 Å². The standard InChI is InChI=1S/C16H18N6O2/c1-4-10-12(5-2)20-22-16(24)13(10)15(23)18-9-6-11-8(3)19-21-14(11)17-7-9/h6-7H,4-5H2,1-3H3,(H,18,23)(H,22,24)(H,17,19,21). The molecule has 3 aromatic heterocycles. The van der Waals surface area contributed by atoms with Gasteiger partial charge in [0.1, 0.15) is 5.56 Å². The predicted octanol–water partition coefficient (Wildman–Crippen LogP) is 1.73. The van der Waals surface area contributed by atoms with E-state index in [1.807, 2.05) is 20.8 Å². The first-order valence-electron chi connectivity index (χ1n) is 7.77. The number of aromatic nitrogens is 5. The van der Waals surface area contributed by atoms with E-state index in [-0.39, 0.29) is 5.56 Å². The average molecular weight is 326 g/mol. The highest BCUT2D eigenvalue weighted by Gasteiger charge is 2.19. The number of aryl methyl sites for hydroxylation is 2. The van der Waals surface area contributed by atoms with Gasteiger partial charge in [-0.2, -0.15) is 10.2 Å². The first kappa shape index (κ1) is 15.9. The molecule has 0 radical (unpaired) electrons. The van der Waals surface area contributed by atoms with Gasteiger partial charge in [-0.05, 0) is 31.4 Å². The number of amides is 1. The molecule has 24 heavy (non-hydrogen) atoms. The number of nitrogens with zero attached hydrogens (tertiary/aromatic N) is 3. The number of hydrogen-bond acceptors (Lipinski definition) is 5. The summed E-state index contributed by atoms with van der Waals surface area (Å²) in [5.74, 6) is -0.465. The van der Waals surface area contributed by atoms with E-state index in [0.29, 0.717) is 29.7 Å². The zero-order valence-corrected chi connectivity index (χ0v) is 13.7. The van der Waals surface area contributed by atoms with E-state index in [9.17, 15) is 9.59 Å². The number of nitrogens with one attached hydrogen (secondary N) is 3. The number of carbonyl (C=O) groups is 1. The number of anilines is 1. The molecule has 3 N–H and O–H groups in total. The van der Waals surface area contributed by atoms with Gasteiger partial charge in [0.15, 0.2) is 5.65 Å². The van der Waals surface area contributed by atoms with Gasteiger partial charge in [-0.3, -0.25) is 14.7 Å². The third-order valence-electron chi connectivity index (χ3n) is 3.94. The van der Waals surface area contributed by atoms with Crippen LogP contribution in [0, 0.1) is 6.92 Å². The van der Waals surface area contributed by atoms with Crippen LogP contribution in [0.4, 0.5) is 5.69 Å². The third-order valence-corrected chi connectivity index (χ3v) is 3.94. The van der Waals surface area contributed by atoms with Crippen molar-refractivity contribution in [1.29, 1.82) is 0 Å². The van der Waals surface area contributed by atoms with E-state index in [4.69, 9.17) is 0 Å². The SMILES string of the molecule is CCc1n[nH]c(=O)c(C(=O)Nc2cnc3n[nH]c(C)c3c2)c1CC. The Morgan fingerprint density at radius 2 is 2.00 bits per heavy atom. The predicted molar refractivity (Wildman–Crippen MR) is 90.2 cm³/mol. The lowest BCUT2D eigenvalue weighted by Crippen LogP contribution is -2.27. The molecule has 3 rings (SSSR count). The number of fused-ring (bicyclic) bond motifs is 1. The minimum atomic E-state index is -0.491. The number of pyridine rings is 1. The Bertz CT molecular complexity index is 972. The Kier molecular flexibility index (Phi) is 4.11. The van der Waals surface area contributed by atoms with Crippen molar-refractivity contribution in [3.8, 4) is 0 Å². The van der Waals surface area contributed by atoms with Gasteiger partial charge in [-0.25, -0.2) is 10.1 Å². The fourth-order valence-corrected chi connectivity index (χ4v) is 2.72. The Balaban J connectivity index is 2.00. The van der Waals surface area contributed by atoms with Gasteiger partial charge in [-0.15, -0.1) is 0 Å². The van der Waals surface area contributed by atoms with E-state index >= 15 is 0 Å². The number of H-pyrrole nitrogens is 2.